The number of sulfonamides is 1. The summed E-state index contributed by atoms with van der Waals surface area (Å²) in [5.41, 5.74) is 0.486. The van der Waals surface area contributed by atoms with Crippen molar-refractivity contribution >= 4 is 27.5 Å². The first kappa shape index (κ1) is 16.5. The molecule has 0 spiro atoms. The van der Waals surface area contributed by atoms with Crippen LogP contribution in [0.25, 0.3) is 0 Å². The van der Waals surface area contributed by atoms with E-state index in [2.05, 4.69) is 11.3 Å². The van der Waals surface area contributed by atoms with Crippen LogP contribution in [0.4, 0.5) is 5.69 Å². The summed E-state index contributed by atoms with van der Waals surface area (Å²) in [5.74, 6) is 0.659. The second-order valence-corrected chi connectivity index (χ2v) is 6.97. The lowest BCUT2D eigenvalue weighted by molar-refractivity contribution is 0.363. The maximum absolute atomic E-state index is 12.3. The zero-order valence-electron chi connectivity index (χ0n) is 12.2. The molecular weight excluding hydrogens is 318 g/mol. The van der Waals surface area contributed by atoms with E-state index in [0.29, 0.717) is 18.0 Å². The van der Waals surface area contributed by atoms with Crippen molar-refractivity contribution in [3.8, 4) is 5.75 Å². The Labute approximate surface area is 135 Å². The molecule has 1 N–H and O–H groups in total. The molecule has 0 aliphatic carbocycles. The lowest BCUT2D eigenvalue weighted by Crippen LogP contribution is -2.12. The van der Waals surface area contributed by atoms with E-state index in [0.717, 1.165) is 4.90 Å². The van der Waals surface area contributed by atoms with Gasteiger partial charge in [0.05, 0.1) is 4.90 Å². The molecule has 2 aromatic rings. The molecule has 22 heavy (non-hydrogen) atoms. The second-order valence-electron chi connectivity index (χ2n) is 4.41. The van der Waals surface area contributed by atoms with Crippen LogP contribution in [0.2, 0.25) is 0 Å². The Morgan fingerprint density at radius 1 is 1.14 bits per heavy atom. The van der Waals surface area contributed by atoms with E-state index in [9.17, 15) is 8.42 Å². The molecule has 2 aromatic carbocycles. The number of rotatable bonds is 7. The molecule has 0 aliphatic rings. The topological polar surface area (TPSA) is 55.4 Å². The third-order valence-corrected chi connectivity index (χ3v) is 4.98. The fraction of sp³-hybridized carbons (Fsp3) is 0.125. The highest BCUT2D eigenvalue weighted by atomic mass is 32.2. The highest BCUT2D eigenvalue weighted by molar-refractivity contribution is 7.98. The van der Waals surface area contributed by atoms with Crippen LogP contribution in [0.15, 0.2) is 71.0 Å². The van der Waals surface area contributed by atoms with Gasteiger partial charge in [0.25, 0.3) is 10.0 Å². The van der Waals surface area contributed by atoms with Gasteiger partial charge in [-0.1, -0.05) is 12.7 Å². The van der Waals surface area contributed by atoms with E-state index >= 15 is 0 Å². The molecule has 2 rings (SSSR count). The second kappa shape index (κ2) is 7.38. The SMILES string of the molecule is C=CCOc1ccc(NS(=O)(=O)c2ccc(SC)cc2)cc1. The summed E-state index contributed by atoms with van der Waals surface area (Å²) in [4.78, 5) is 1.25. The highest BCUT2D eigenvalue weighted by Gasteiger charge is 2.13. The van der Waals surface area contributed by atoms with Crippen LogP contribution in [0.3, 0.4) is 0 Å². The Kier molecular flexibility index (Phi) is 5.51. The van der Waals surface area contributed by atoms with E-state index in [1.165, 1.54) is 0 Å². The standard InChI is InChI=1S/C16H17NO3S2/c1-3-12-20-14-6-4-13(5-7-14)17-22(18,19)16-10-8-15(21-2)9-11-16/h3-11,17H,1,12H2,2H3. The molecule has 6 heteroatoms. The van der Waals surface area contributed by atoms with Crippen LogP contribution in [-0.4, -0.2) is 21.3 Å². The molecule has 116 valence electrons. The minimum absolute atomic E-state index is 0.234. The van der Waals surface area contributed by atoms with E-state index < -0.39 is 10.0 Å². The van der Waals surface area contributed by atoms with Crippen molar-refractivity contribution in [2.75, 3.05) is 17.6 Å². The van der Waals surface area contributed by atoms with E-state index in [4.69, 9.17) is 4.74 Å². The van der Waals surface area contributed by atoms with Gasteiger partial charge in [0, 0.05) is 10.6 Å². The summed E-state index contributed by atoms with van der Waals surface area (Å²) in [6.45, 7) is 3.98. The third kappa shape index (κ3) is 4.29. The van der Waals surface area contributed by atoms with Gasteiger partial charge in [0.2, 0.25) is 0 Å². The van der Waals surface area contributed by atoms with Gasteiger partial charge in [-0.05, 0) is 54.8 Å². The van der Waals surface area contributed by atoms with Crippen molar-refractivity contribution in [1.82, 2.24) is 0 Å². The first-order chi connectivity index (χ1) is 10.5. The van der Waals surface area contributed by atoms with Gasteiger partial charge in [-0.15, -0.1) is 11.8 Å². The molecule has 0 bridgehead atoms. The number of hydrogen-bond donors (Lipinski definition) is 1. The Morgan fingerprint density at radius 2 is 1.77 bits per heavy atom. The Balaban J connectivity index is 2.12. The molecule has 0 saturated carbocycles. The fourth-order valence-corrected chi connectivity index (χ4v) is 3.21. The van der Waals surface area contributed by atoms with E-state index in [1.54, 1.807) is 66.4 Å². The molecule has 4 nitrogen and oxygen atoms in total. The van der Waals surface area contributed by atoms with Crippen LogP contribution in [0, 0.1) is 0 Å². The number of nitrogens with one attached hydrogen (secondary N) is 1. The molecule has 0 atom stereocenters. The van der Waals surface area contributed by atoms with Gasteiger partial charge in [-0.2, -0.15) is 0 Å². The molecule has 0 saturated heterocycles. The van der Waals surface area contributed by atoms with Gasteiger partial charge in [-0.3, -0.25) is 4.72 Å². The molecule has 0 aliphatic heterocycles. The summed E-state index contributed by atoms with van der Waals surface area (Å²) in [5, 5.41) is 0. The van der Waals surface area contributed by atoms with Crippen LogP contribution in [0.5, 0.6) is 5.75 Å². The summed E-state index contributed by atoms with van der Waals surface area (Å²) in [7, 11) is -3.58. The summed E-state index contributed by atoms with van der Waals surface area (Å²) in [6, 6.07) is 13.5. The zero-order chi connectivity index (χ0) is 16.0. The first-order valence-corrected chi connectivity index (χ1v) is 9.26. The fourth-order valence-electron chi connectivity index (χ4n) is 1.74. The summed E-state index contributed by atoms with van der Waals surface area (Å²) < 4.78 is 32.5. The average Bonchev–Trinajstić information content (AvgIpc) is 2.54. The first-order valence-electron chi connectivity index (χ1n) is 6.56. The van der Waals surface area contributed by atoms with Crippen LogP contribution < -0.4 is 9.46 Å². The Bertz CT molecular complexity index is 723. The normalized spacial score (nSPS) is 11.0. The Hall–Kier alpha value is -1.92. The zero-order valence-corrected chi connectivity index (χ0v) is 13.8. The molecule has 0 radical (unpaired) electrons. The minimum Gasteiger partial charge on any atom is -0.490 e. The predicted molar refractivity (Wildman–Crippen MR) is 91.2 cm³/mol. The maximum atomic E-state index is 12.3. The summed E-state index contributed by atoms with van der Waals surface area (Å²) in [6.07, 6.45) is 3.59. The molecule has 0 heterocycles. The van der Waals surface area contributed by atoms with Crippen molar-refractivity contribution < 1.29 is 13.2 Å². The largest absolute Gasteiger partial charge is 0.490 e. The molecule has 0 amide bonds. The van der Waals surface area contributed by atoms with Crippen LogP contribution >= 0.6 is 11.8 Å². The molecule has 0 aromatic heterocycles. The lowest BCUT2D eigenvalue weighted by Gasteiger charge is -2.09. The Morgan fingerprint density at radius 3 is 2.32 bits per heavy atom. The third-order valence-electron chi connectivity index (χ3n) is 2.84. The van der Waals surface area contributed by atoms with Crippen molar-refractivity contribution in [3.63, 3.8) is 0 Å². The van der Waals surface area contributed by atoms with Gasteiger partial charge in [-0.25, -0.2) is 8.42 Å². The van der Waals surface area contributed by atoms with Gasteiger partial charge >= 0.3 is 0 Å². The van der Waals surface area contributed by atoms with Crippen molar-refractivity contribution in [1.29, 1.82) is 0 Å². The molecular formula is C16H17NO3S2. The molecule has 0 fully saturated rings. The number of thioether (sulfide) groups is 1. The van der Waals surface area contributed by atoms with Gasteiger partial charge in [0.15, 0.2) is 0 Å². The van der Waals surface area contributed by atoms with Crippen molar-refractivity contribution in [3.05, 3.63) is 61.2 Å². The lowest BCUT2D eigenvalue weighted by atomic mass is 10.3. The monoisotopic (exact) mass is 335 g/mol. The number of benzene rings is 2. The van der Waals surface area contributed by atoms with Gasteiger partial charge < -0.3 is 4.74 Å². The van der Waals surface area contributed by atoms with E-state index in [-0.39, 0.29) is 4.90 Å². The number of ether oxygens (including phenoxy) is 1. The molecule has 0 unspecified atom stereocenters. The number of hydrogen-bond acceptors (Lipinski definition) is 4. The minimum atomic E-state index is -3.58. The van der Waals surface area contributed by atoms with Crippen LogP contribution in [0.1, 0.15) is 0 Å². The van der Waals surface area contributed by atoms with Crippen molar-refractivity contribution in [2.45, 2.75) is 9.79 Å². The van der Waals surface area contributed by atoms with Crippen molar-refractivity contribution in [2.24, 2.45) is 0 Å². The van der Waals surface area contributed by atoms with Crippen LogP contribution in [-0.2, 0) is 10.0 Å². The summed E-state index contributed by atoms with van der Waals surface area (Å²) >= 11 is 1.56. The maximum Gasteiger partial charge on any atom is 0.261 e. The smallest absolute Gasteiger partial charge is 0.261 e. The predicted octanol–water partition coefficient (Wildman–Crippen LogP) is 3.77. The number of anilines is 1. The quantitative estimate of drug-likeness (QED) is 0.618. The van der Waals surface area contributed by atoms with E-state index in [1.807, 2.05) is 6.26 Å². The average molecular weight is 335 g/mol. The van der Waals surface area contributed by atoms with Gasteiger partial charge in [0.1, 0.15) is 12.4 Å². The highest BCUT2D eigenvalue weighted by Crippen LogP contribution is 2.21.